The van der Waals surface area contributed by atoms with Gasteiger partial charge in [0.2, 0.25) is 5.91 Å². The highest BCUT2D eigenvalue weighted by Gasteiger charge is 2.21. The molecule has 0 aromatic carbocycles. The molecule has 0 bridgehead atoms. The normalized spacial score (nSPS) is 18.1. The second-order valence-corrected chi connectivity index (χ2v) is 4.48. The van der Waals surface area contributed by atoms with Gasteiger partial charge in [0, 0.05) is 45.3 Å². The van der Waals surface area contributed by atoms with Crippen LogP contribution in [0.25, 0.3) is 0 Å². The van der Waals surface area contributed by atoms with Crippen LogP contribution in [-0.2, 0) is 4.79 Å². The summed E-state index contributed by atoms with van der Waals surface area (Å²) < 4.78 is 0. The summed E-state index contributed by atoms with van der Waals surface area (Å²) in [5, 5.41) is 3.04. The number of hydrogen-bond donors (Lipinski definition) is 2. The van der Waals surface area contributed by atoms with E-state index in [4.69, 9.17) is 5.73 Å². The third-order valence-corrected chi connectivity index (χ3v) is 2.99. The van der Waals surface area contributed by atoms with Crippen LogP contribution < -0.4 is 11.1 Å². The third-order valence-electron chi connectivity index (χ3n) is 2.99. The van der Waals surface area contributed by atoms with E-state index in [2.05, 4.69) is 24.1 Å². The number of hydrogen-bond acceptors (Lipinski definition) is 4. The molecule has 0 unspecified atom stereocenters. The molecular formula is C11H24N4O. The van der Waals surface area contributed by atoms with Gasteiger partial charge in [-0.1, -0.05) is 0 Å². The fourth-order valence-corrected chi connectivity index (χ4v) is 1.90. The van der Waals surface area contributed by atoms with Gasteiger partial charge in [-0.3, -0.25) is 9.69 Å². The van der Waals surface area contributed by atoms with Gasteiger partial charge in [0.05, 0.1) is 6.54 Å². The van der Waals surface area contributed by atoms with E-state index in [-0.39, 0.29) is 5.91 Å². The summed E-state index contributed by atoms with van der Waals surface area (Å²) in [5.74, 6) is 0.192. The van der Waals surface area contributed by atoms with Crippen LogP contribution in [0, 0.1) is 0 Å². The Kier molecular flexibility index (Phi) is 5.73. The fourth-order valence-electron chi connectivity index (χ4n) is 1.90. The number of nitrogens with two attached hydrogens (primary N) is 1. The molecule has 3 N–H and O–H groups in total. The lowest BCUT2D eigenvalue weighted by atomic mass is 10.2. The molecule has 0 aromatic rings. The largest absolute Gasteiger partial charge is 0.339 e. The van der Waals surface area contributed by atoms with Crippen LogP contribution in [-0.4, -0.2) is 67.6 Å². The second kappa shape index (κ2) is 6.83. The Balaban J connectivity index is 2.22. The Labute approximate surface area is 98.0 Å². The molecule has 0 atom stereocenters. The predicted octanol–water partition coefficient (Wildman–Crippen LogP) is -0.913. The van der Waals surface area contributed by atoms with Gasteiger partial charge in [-0.05, 0) is 13.8 Å². The Hall–Kier alpha value is -0.650. The Bertz CT molecular complexity index is 212. The number of nitrogens with zero attached hydrogens (tertiary/aromatic N) is 2. The van der Waals surface area contributed by atoms with Gasteiger partial charge in [-0.25, -0.2) is 0 Å². The molecule has 0 aliphatic carbocycles. The number of carbonyl (C=O) groups excluding carboxylic acids is 1. The van der Waals surface area contributed by atoms with Gasteiger partial charge in [-0.15, -0.1) is 0 Å². The lowest BCUT2D eigenvalue weighted by Crippen LogP contribution is -2.52. The van der Waals surface area contributed by atoms with Crippen molar-refractivity contribution in [2.24, 2.45) is 5.73 Å². The molecule has 1 aliphatic heterocycles. The van der Waals surface area contributed by atoms with Crippen molar-refractivity contribution in [1.29, 1.82) is 0 Å². The SMILES string of the molecule is CC(C)N1CCN(C(=O)CNCCN)CC1. The van der Waals surface area contributed by atoms with Crippen LogP contribution in [0.3, 0.4) is 0 Å². The minimum atomic E-state index is 0.192. The third kappa shape index (κ3) is 4.08. The van der Waals surface area contributed by atoms with Gasteiger partial charge in [0.1, 0.15) is 0 Å². The Morgan fingerprint density at radius 3 is 2.44 bits per heavy atom. The van der Waals surface area contributed by atoms with Crippen molar-refractivity contribution >= 4 is 5.91 Å². The van der Waals surface area contributed by atoms with Crippen molar-refractivity contribution < 1.29 is 4.79 Å². The molecule has 1 rings (SSSR count). The maximum absolute atomic E-state index is 11.8. The van der Waals surface area contributed by atoms with Crippen LogP contribution in [0.15, 0.2) is 0 Å². The Morgan fingerprint density at radius 2 is 1.94 bits per heavy atom. The molecule has 1 saturated heterocycles. The maximum atomic E-state index is 11.8. The fraction of sp³-hybridized carbons (Fsp3) is 0.909. The average Bonchev–Trinajstić information content (AvgIpc) is 2.29. The highest BCUT2D eigenvalue weighted by molar-refractivity contribution is 5.78. The van der Waals surface area contributed by atoms with E-state index in [0.29, 0.717) is 25.7 Å². The number of rotatable bonds is 5. The average molecular weight is 228 g/mol. The molecule has 0 radical (unpaired) electrons. The molecule has 5 nitrogen and oxygen atoms in total. The highest BCUT2D eigenvalue weighted by atomic mass is 16.2. The summed E-state index contributed by atoms with van der Waals surface area (Å²) >= 11 is 0. The van der Waals surface area contributed by atoms with Crippen molar-refractivity contribution in [3.63, 3.8) is 0 Å². The monoisotopic (exact) mass is 228 g/mol. The van der Waals surface area contributed by atoms with Crippen LogP contribution >= 0.6 is 0 Å². The molecule has 1 fully saturated rings. The molecule has 0 spiro atoms. The van der Waals surface area contributed by atoms with Crippen molar-refractivity contribution in [1.82, 2.24) is 15.1 Å². The van der Waals surface area contributed by atoms with E-state index in [9.17, 15) is 4.79 Å². The maximum Gasteiger partial charge on any atom is 0.236 e. The van der Waals surface area contributed by atoms with Gasteiger partial charge in [0.15, 0.2) is 0 Å². The first-order valence-electron chi connectivity index (χ1n) is 6.07. The molecule has 0 aromatic heterocycles. The molecule has 1 amide bonds. The highest BCUT2D eigenvalue weighted by Crippen LogP contribution is 2.05. The molecule has 94 valence electrons. The van der Waals surface area contributed by atoms with Crippen LogP contribution in [0.1, 0.15) is 13.8 Å². The second-order valence-electron chi connectivity index (χ2n) is 4.48. The molecule has 1 aliphatic rings. The van der Waals surface area contributed by atoms with Crippen LogP contribution in [0.5, 0.6) is 0 Å². The van der Waals surface area contributed by atoms with E-state index in [1.807, 2.05) is 4.90 Å². The first kappa shape index (κ1) is 13.4. The zero-order valence-corrected chi connectivity index (χ0v) is 10.4. The smallest absolute Gasteiger partial charge is 0.236 e. The molecule has 16 heavy (non-hydrogen) atoms. The van der Waals surface area contributed by atoms with E-state index in [1.54, 1.807) is 0 Å². The molecule has 5 heteroatoms. The predicted molar refractivity (Wildman–Crippen MR) is 65.2 cm³/mol. The summed E-state index contributed by atoms with van der Waals surface area (Å²) in [6.45, 7) is 9.76. The summed E-state index contributed by atoms with van der Waals surface area (Å²) in [6, 6.07) is 0.576. The first-order chi connectivity index (χ1) is 7.65. The van der Waals surface area contributed by atoms with Crippen molar-refractivity contribution in [2.45, 2.75) is 19.9 Å². The summed E-state index contributed by atoms with van der Waals surface area (Å²) in [7, 11) is 0. The summed E-state index contributed by atoms with van der Waals surface area (Å²) in [5.41, 5.74) is 5.35. The minimum absolute atomic E-state index is 0.192. The summed E-state index contributed by atoms with van der Waals surface area (Å²) in [6.07, 6.45) is 0. The minimum Gasteiger partial charge on any atom is -0.339 e. The van der Waals surface area contributed by atoms with E-state index in [1.165, 1.54) is 0 Å². The summed E-state index contributed by atoms with van der Waals surface area (Å²) in [4.78, 5) is 16.1. The van der Waals surface area contributed by atoms with Crippen LogP contribution in [0.4, 0.5) is 0 Å². The zero-order chi connectivity index (χ0) is 12.0. The number of carbonyl (C=O) groups is 1. The molecule has 1 heterocycles. The standard InChI is InChI=1S/C11H24N4O/c1-10(2)14-5-7-15(8-6-14)11(16)9-13-4-3-12/h10,13H,3-9,12H2,1-2H3. The van der Waals surface area contributed by atoms with Crippen LogP contribution in [0.2, 0.25) is 0 Å². The van der Waals surface area contributed by atoms with E-state index >= 15 is 0 Å². The van der Waals surface area contributed by atoms with Crippen molar-refractivity contribution in [3.8, 4) is 0 Å². The first-order valence-corrected chi connectivity index (χ1v) is 6.07. The van der Waals surface area contributed by atoms with E-state index in [0.717, 1.165) is 26.2 Å². The Morgan fingerprint density at radius 1 is 1.31 bits per heavy atom. The topological polar surface area (TPSA) is 61.6 Å². The lowest BCUT2D eigenvalue weighted by molar-refractivity contribution is -0.132. The number of nitrogens with one attached hydrogen (secondary N) is 1. The van der Waals surface area contributed by atoms with Gasteiger partial charge < -0.3 is 16.0 Å². The quantitative estimate of drug-likeness (QED) is 0.598. The van der Waals surface area contributed by atoms with E-state index < -0.39 is 0 Å². The molecule has 0 saturated carbocycles. The van der Waals surface area contributed by atoms with Gasteiger partial charge in [0.25, 0.3) is 0 Å². The molecular weight excluding hydrogens is 204 g/mol. The van der Waals surface area contributed by atoms with Gasteiger partial charge in [-0.2, -0.15) is 0 Å². The van der Waals surface area contributed by atoms with Gasteiger partial charge >= 0.3 is 0 Å². The lowest BCUT2D eigenvalue weighted by Gasteiger charge is -2.37. The van der Waals surface area contributed by atoms with Crippen molar-refractivity contribution in [2.75, 3.05) is 45.8 Å². The zero-order valence-electron chi connectivity index (χ0n) is 10.4. The van der Waals surface area contributed by atoms with Crippen molar-refractivity contribution in [3.05, 3.63) is 0 Å². The number of amides is 1. The number of piperazine rings is 1.